The summed E-state index contributed by atoms with van der Waals surface area (Å²) in [5.41, 5.74) is 2.89. The van der Waals surface area contributed by atoms with Crippen molar-refractivity contribution in [2.75, 3.05) is 11.9 Å². The van der Waals surface area contributed by atoms with E-state index in [1.807, 2.05) is 55.5 Å². The Bertz CT molecular complexity index is 1040. The minimum Gasteiger partial charge on any atom is -0.352 e. The van der Waals surface area contributed by atoms with Crippen LogP contribution in [0.5, 0.6) is 0 Å². The zero-order valence-electron chi connectivity index (χ0n) is 16.3. The molecule has 0 unspecified atom stereocenters. The van der Waals surface area contributed by atoms with Crippen LogP contribution in [-0.2, 0) is 4.79 Å². The van der Waals surface area contributed by atoms with Gasteiger partial charge in [0.2, 0.25) is 5.91 Å². The molecule has 0 saturated carbocycles. The molecule has 5 nitrogen and oxygen atoms in total. The fourth-order valence-corrected chi connectivity index (χ4v) is 5.43. The molecule has 0 radical (unpaired) electrons. The van der Waals surface area contributed by atoms with Crippen molar-refractivity contribution in [3.8, 4) is 0 Å². The maximum atomic E-state index is 12.5. The summed E-state index contributed by atoms with van der Waals surface area (Å²) >= 11 is 10.9. The first-order valence-corrected chi connectivity index (χ1v) is 11.6. The minimum atomic E-state index is -0.0654. The Balaban J connectivity index is 1.51. The van der Waals surface area contributed by atoms with Crippen molar-refractivity contribution >= 4 is 56.2 Å². The van der Waals surface area contributed by atoms with Gasteiger partial charge in [-0.3, -0.25) is 9.78 Å². The van der Waals surface area contributed by atoms with Crippen molar-refractivity contribution in [2.24, 2.45) is 0 Å². The molecular formula is C22H21BrN4OS2. The predicted molar refractivity (Wildman–Crippen MR) is 129 cm³/mol. The summed E-state index contributed by atoms with van der Waals surface area (Å²) in [4.78, 5) is 20.3. The van der Waals surface area contributed by atoms with Crippen molar-refractivity contribution in [1.82, 2.24) is 15.2 Å². The van der Waals surface area contributed by atoms with E-state index in [0.29, 0.717) is 18.1 Å². The first kappa shape index (κ1) is 21.0. The molecule has 3 heterocycles. The topological polar surface area (TPSA) is 57.3 Å². The van der Waals surface area contributed by atoms with E-state index in [2.05, 4.69) is 42.5 Å². The number of benzene rings is 1. The minimum absolute atomic E-state index is 0.0177. The fourth-order valence-electron chi connectivity index (χ4n) is 3.52. The van der Waals surface area contributed by atoms with Gasteiger partial charge in [-0.15, -0.1) is 11.3 Å². The number of thiophene rings is 1. The highest BCUT2D eigenvalue weighted by Crippen LogP contribution is 2.42. The molecule has 2 aromatic heterocycles. The third-order valence-electron chi connectivity index (χ3n) is 5.00. The van der Waals surface area contributed by atoms with Crippen molar-refractivity contribution in [2.45, 2.75) is 25.4 Å². The quantitative estimate of drug-likeness (QED) is 0.454. The van der Waals surface area contributed by atoms with E-state index < -0.39 is 0 Å². The number of hydrogen-bond donors (Lipinski definition) is 2. The van der Waals surface area contributed by atoms with Gasteiger partial charge in [-0.1, -0.05) is 23.8 Å². The Morgan fingerprint density at radius 1 is 1.23 bits per heavy atom. The number of hydrogen-bond acceptors (Lipinski definition) is 4. The van der Waals surface area contributed by atoms with Gasteiger partial charge in [0, 0.05) is 29.7 Å². The fraction of sp³-hybridized carbons (Fsp3) is 0.227. The van der Waals surface area contributed by atoms with E-state index in [-0.39, 0.29) is 18.0 Å². The van der Waals surface area contributed by atoms with Crippen LogP contribution in [0, 0.1) is 6.92 Å². The van der Waals surface area contributed by atoms with Crippen molar-refractivity contribution in [1.29, 1.82) is 0 Å². The Morgan fingerprint density at radius 3 is 2.70 bits per heavy atom. The molecule has 2 atom stereocenters. The molecular weight excluding hydrogens is 480 g/mol. The average Bonchev–Trinajstić information content (AvgIpc) is 3.31. The number of pyridine rings is 1. The second-order valence-electron chi connectivity index (χ2n) is 7.13. The predicted octanol–water partition coefficient (Wildman–Crippen LogP) is 5.22. The number of rotatable bonds is 6. The van der Waals surface area contributed by atoms with E-state index in [1.165, 1.54) is 4.88 Å². The zero-order chi connectivity index (χ0) is 21.1. The molecule has 1 aliphatic rings. The summed E-state index contributed by atoms with van der Waals surface area (Å²) in [5.74, 6) is -0.0333. The van der Waals surface area contributed by atoms with Crippen LogP contribution in [0.3, 0.4) is 0 Å². The van der Waals surface area contributed by atoms with Crippen molar-refractivity contribution < 1.29 is 4.79 Å². The number of thiocarbonyl (C=S) groups is 1. The number of carbonyl (C=O) groups is 1. The Morgan fingerprint density at radius 2 is 2.03 bits per heavy atom. The van der Waals surface area contributed by atoms with Gasteiger partial charge >= 0.3 is 0 Å². The maximum Gasteiger partial charge on any atom is 0.226 e. The molecule has 0 bridgehead atoms. The lowest BCUT2D eigenvalue weighted by Crippen LogP contribution is -2.32. The number of aryl methyl sites for hydroxylation is 1. The number of halogens is 1. The number of nitrogens with one attached hydrogen (secondary N) is 2. The zero-order valence-corrected chi connectivity index (χ0v) is 19.6. The number of anilines is 1. The van der Waals surface area contributed by atoms with Crippen molar-refractivity contribution in [3.05, 3.63) is 80.7 Å². The van der Waals surface area contributed by atoms with Gasteiger partial charge in [-0.25, -0.2) is 0 Å². The first-order valence-electron chi connectivity index (χ1n) is 9.61. The van der Waals surface area contributed by atoms with Crippen LogP contribution in [0.15, 0.2) is 64.6 Å². The summed E-state index contributed by atoms with van der Waals surface area (Å²) in [6.45, 7) is 2.54. The highest BCUT2D eigenvalue weighted by Gasteiger charge is 2.40. The third kappa shape index (κ3) is 4.71. The molecule has 0 aliphatic carbocycles. The van der Waals surface area contributed by atoms with Crippen LogP contribution in [-0.4, -0.2) is 27.4 Å². The SMILES string of the molecule is Cc1ccc(NC(=O)CCN2C(=S)N[C@@H](c3ccccn3)[C@H]2c2ccc(Br)s2)cc1. The van der Waals surface area contributed by atoms with Crippen LogP contribution >= 0.6 is 39.5 Å². The summed E-state index contributed by atoms with van der Waals surface area (Å²) < 4.78 is 1.06. The summed E-state index contributed by atoms with van der Waals surface area (Å²) in [6.07, 6.45) is 2.13. The lowest BCUT2D eigenvalue weighted by atomic mass is 10.0. The van der Waals surface area contributed by atoms with Gasteiger partial charge in [0.25, 0.3) is 0 Å². The smallest absolute Gasteiger partial charge is 0.226 e. The van der Waals surface area contributed by atoms with E-state index in [1.54, 1.807) is 17.5 Å². The van der Waals surface area contributed by atoms with E-state index in [0.717, 1.165) is 20.7 Å². The molecule has 1 aromatic carbocycles. The summed E-state index contributed by atoms with van der Waals surface area (Å²) in [5, 5.41) is 7.02. The van der Waals surface area contributed by atoms with Gasteiger partial charge in [-0.2, -0.15) is 0 Å². The van der Waals surface area contributed by atoms with E-state index >= 15 is 0 Å². The van der Waals surface area contributed by atoms with Crippen molar-refractivity contribution in [3.63, 3.8) is 0 Å². The normalized spacial score (nSPS) is 18.3. The molecule has 1 aliphatic heterocycles. The van der Waals surface area contributed by atoms with Crippen LogP contribution < -0.4 is 10.6 Å². The third-order valence-corrected chi connectivity index (χ3v) is 7.05. The van der Waals surface area contributed by atoms with Gasteiger partial charge in [-0.05, 0) is 71.5 Å². The van der Waals surface area contributed by atoms with Crippen LogP contribution in [0.2, 0.25) is 0 Å². The number of amides is 1. The average molecular weight is 501 g/mol. The lowest BCUT2D eigenvalue weighted by molar-refractivity contribution is -0.116. The monoisotopic (exact) mass is 500 g/mol. The maximum absolute atomic E-state index is 12.5. The van der Waals surface area contributed by atoms with Crippen LogP contribution in [0.25, 0.3) is 0 Å². The molecule has 154 valence electrons. The van der Waals surface area contributed by atoms with E-state index in [4.69, 9.17) is 12.2 Å². The molecule has 4 rings (SSSR count). The largest absolute Gasteiger partial charge is 0.352 e. The lowest BCUT2D eigenvalue weighted by Gasteiger charge is -2.26. The van der Waals surface area contributed by atoms with Gasteiger partial charge in [0.1, 0.15) is 0 Å². The van der Waals surface area contributed by atoms with Crippen LogP contribution in [0.4, 0.5) is 5.69 Å². The number of aromatic nitrogens is 1. The second-order valence-corrected chi connectivity index (χ2v) is 10.0. The number of nitrogens with zero attached hydrogens (tertiary/aromatic N) is 2. The standard InChI is InChI=1S/C22H21BrN4OS2/c1-14-5-7-15(8-6-14)25-19(28)11-13-27-21(17-9-10-18(23)30-17)20(26-22(27)29)16-4-2-3-12-24-16/h2-10,12,20-21H,11,13H2,1H3,(H,25,28)(H,26,29)/t20-,21+/m0/s1. The molecule has 0 spiro atoms. The van der Waals surface area contributed by atoms with Gasteiger partial charge < -0.3 is 15.5 Å². The molecule has 8 heteroatoms. The Kier molecular flexibility index (Phi) is 6.46. The van der Waals surface area contributed by atoms with E-state index in [9.17, 15) is 4.79 Å². The second kappa shape index (κ2) is 9.24. The summed E-state index contributed by atoms with van der Waals surface area (Å²) in [6, 6.07) is 17.7. The van der Waals surface area contributed by atoms with Gasteiger partial charge in [0.15, 0.2) is 5.11 Å². The highest BCUT2D eigenvalue weighted by atomic mass is 79.9. The molecule has 1 fully saturated rings. The van der Waals surface area contributed by atoms with Gasteiger partial charge in [0.05, 0.1) is 21.6 Å². The Labute approximate surface area is 193 Å². The van der Waals surface area contributed by atoms with Crippen LogP contribution in [0.1, 0.15) is 34.6 Å². The highest BCUT2D eigenvalue weighted by molar-refractivity contribution is 9.11. The number of carbonyl (C=O) groups excluding carboxylic acids is 1. The molecule has 1 saturated heterocycles. The Hall–Kier alpha value is -2.29. The molecule has 3 aromatic rings. The molecule has 30 heavy (non-hydrogen) atoms. The summed E-state index contributed by atoms with van der Waals surface area (Å²) in [7, 11) is 0. The molecule has 2 N–H and O–H groups in total. The first-order chi connectivity index (χ1) is 14.5. The molecule has 1 amide bonds.